The van der Waals surface area contributed by atoms with Gasteiger partial charge in [0.1, 0.15) is 16.9 Å². The van der Waals surface area contributed by atoms with Crippen LogP contribution in [0.25, 0.3) is 0 Å². The summed E-state index contributed by atoms with van der Waals surface area (Å²) >= 11 is 1.75. The second-order valence-corrected chi connectivity index (χ2v) is 7.49. The van der Waals surface area contributed by atoms with Crippen LogP contribution in [-0.4, -0.2) is 13.0 Å². The minimum absolute atomic E-state index is 0.0478. The van der Waals surface area contributed by atoms with E-state index in [1.807, 2.05) is 24.3 Å². The van der Waals surface area contributed by atoms with Gasteiger partial charge < -0.3 is 15.4 Å². The number of carbonyl (C=O) groups excluding carboxylic acids is 1. The molecule has 5 heteroatoms. The van der Waals surface area contributed by atoms with Crippen molar-refractivity contribution in [3.8, 4) is 5.75 Å². The van der Waals surface area contributed by atoms with Crippen molar-refractivity contribution in [2.75, 3.05) is 12.4 Å². The van der Waals surface area contributed by atoms with E-state index in [4.69, 9.17) is 4.74 Å². The summed E-state index contributed by atoms with van der Waals surface area (Å²) < 4.78 is 5.19. The molecule has 1 aliphatic carbocycles. The molecule has 0 fully saturated rings. The summed E-state index contributed by atoms with van der Waals surface area (Å²) in [6.07, 6.45) is 3.10. The number of hydrogen-bond acceptors (Lipinski definition) is 4. The molecule has 2 aromatic rings. The van der Waals surface area contributed by atoms with Gasteiger partial charge in [-0.25, -0.2) is 0 Å². The van der Waals surface area contributed by atoms with Gasteiger partial charge in [0.05, 0.1) is 12.7 Å². The molecule has 1 aromatic carbocycles. The summed E-state index contributed by atoms with van der Waals surface area (Å²) in [5.41, 5.74) is 3.17. The van der Waals surface area contributed by atoms with E-state index < -0.39 is 0 Å². The van der Waals surface area contributed by atoms with Crippen LogP contribution in [0, 0.1) is 5.92 Å². The van der Waals surface area contributed by atoms with Crippen LogP contribution in [0.5, 0.6) is 5.75 Å². The van der Waals surface area contributed by atoms with Gasteiger partial charge in [-0.2, -0.15) is 0 Å². The number of benzene rings is 1. The van der Waals surface area contributed by atoms with E-state index in [9.17, 15) is 4.79 Å². The summed E-state index contributed by atoms with van der Waals surface area (Å²) in [6.45, 7) is 2.29. The first-order valence-corrected chi connectivity index (χ1v) is 8.83. The van der Waals surface area contributed by atoms with Crippen LogP contribution >= 0.6 is 11.3 Å². The van der Waals surface area contributed by atoms with E-state index in [1.54, 1.807) is 18.4 Å². The summed E-state index contributed by atoms with van der Waals surface area (Å²) in [7, 11) is 1.65. The van der Waals surface area contributed by atoms with Crippen molar-refractivity contribution < 1.29 is 9.53 Å². The standard InChI is InChI=1S/C18H20N2O2S/c1-10-3-8-13-14(9-10)23-18-15(13)17(21)19-16(20-18)11-4-6-12(22-2)7-5-11/h4-7,10,16,20H,3,8-9H2,1-2H3,(H,19,21)/t10-,16-/m0/s1. The van der Waals surface area contributed by atoms with Gasteiger partial charge in [0.15, 0.2) is 0 Å². The quantitative estimate of drug-likeness (QED) is 0.883. The Bertz CT molecular complexity index is 751. The van der Waals surface area contributed by atoms with Crippen molar-refractivity contribution in [1.82, 2.24) is 5.32 Å². The van der Waals surface area contributed by atoms with Crippen molar-refractivity contribution in [3.05, 3.63) is 45.8 Å². The van der Waals surface area contributed by atoms with Crippen molar-refractivity contribution in [1.29, 1.82) is 0 Å². The monoisotopic (exact) mass is 328 g/mol. The molecule has 2 atom stereocenters. The molecule has 120 valence electrons. The lowest BCUT2D eigenvalue weighted by atomic mass is 9.88. The second kappa shape index (κ2) is 5.57. The number of nitrogens with one attached hydrogen (secondary N) is 2. The summed E-state index contributed by atoms with van der Waals surface area (Å²) in [5, 5.41) is 7.61. The zero-order chi connectivity index (χ0) is 16.0. The third kappa shape index (κ3) is 2.49. The fraction of sp³-hybridized carbons (Fsp3) is 0.389. The lowest BCUT2D eigenvalue weighted by Crippen LogP contribution is -2.38. The van der Waals surface area contributed by atoms with Crippen LogP contribution in [-0.2, 0) is 12.8 Å². The number of rotatable bonds is 2. The molecule has 1 amide bonds. The zero-order valence-electron chi connectivity index (χ0n) is 13.3. The molecule has 1 aromatic heterocycles. The normalized spacial score (nSPS) is 22.6. The number of ether oxygens (including phenoxy) is 1. The van der Waals surface area contributed by atoms with Gasteiger partial charge >= 0.3 is 0 Å². The molecule has 2 heterocycles. The highest BCUT2D eigenvalue weighted by Gasteiger charge is 2.32. The molecule has 0 spiro atoms. The molecule has 0 bridgehead atoms. The van der Waals surface area contributed by atoms with Gasteiger partial charge in [-0.3, -0.25) is 4.79 Å². The first kappa shape index (κ1) is 14.6. The predicted molar refractivity (Wildman–Crippen MR) is 92.3 cm³/mol. The number of thiophene rings is 1. The topological polar surface area (TPSA) is 50.4 Å². The molecular formula is C18H20N2O2S. The van der Waals surface area contributed by atoms with Crippen LogP contribution in [0.1, 0.15) is 45.9 Å². The molecule has 2 aliphatic rings. The fourth-order valence-corrected chi connectivity index (χ4v) is 4.86. The summed E-state index contributed by atoms with van der Waals surface area (Å²) in [4.78, 5) is 14.0. The third-order valence-electron chi connectivity index (χ3n) is 4.74. The van der Waals surface area contributed by atoms with Gasteiger partial charge in [-0.05, 0) is 48.4 Å². The molecule has 0 radical (unpaired) electrons. The van der Waals surface area contributed by atoms with Crippen molar-refractivity contribution in [2.24, 2.45) is 5.92 Å². The molecule has 0 saturated carbocycles. The van der Waals surface area contributed by atoms with Gasteiger partial charge in [-0.15, -0.1) is 11.3 Å². The SMILES string of the molecule is COc1ccc([C@H]2NC(=O)c3c(sc4c3CC[C@H](C)C4)N2)cc1. The highest BCUT2D eigenvalue weighted by atomic mass is 32.1. The minimum atomic E-state index is -0.182. The van der Waals surface area contributed by atoms with E-state index in [-0.39, 0.29) is 12.1 Å². The lowest BCUT2D eigenvalue weighted by molar-refractivity contribution is 0.0935. The average molecular weight is 328 g/mol. The smallest absolute Gasteiger partial charge is 0.256 e. The lowest BCUT2D eigenvalue weighted by Gasteiger charge is -2.27. The minimum Gasteiger partial charge on any atom is -0.497 e. The van der Waals surface area contributed by atoms with Crippen LogP contribution in [0.3, 0.4) is 0 Å². The summed E-state index contributed by atoms with van der Waals surface area (Å²) in [5.74, 6) is 1.58. The Kier molecular flexibility index (Phi) is 3.53. The molecular weight excluding hydrogens is 308 g/mol. The first-order chi connectivity index (χ1) is 11.2. The van der Waals surface area contributed by atoms with Gasteiger partial charge in [-0.1, -0.05) is 19.1 Å². The number of fused-ring (bicyclic) bond motifs is 3. The van der Waals surface area contributed by atoms with Crippen LogP contribution in [0.15, 0.2) is 24.3 Å². The predicted octanol–water partition coefficient (Wildman–Crippen LogP) is 3.74. The van der Waals surface area contributed by atoms with Crippen LogP contribution in [0.4, 0.5) is 5.00 Å². The average Bonchev–Trinajstić information content (AvgIpc) is 2.92. The van der Waals surface area contributed by atoms with Crippen molar-refractivity contribution in [3.63, 3.8) is 0 Å². The van der Waals surface area contributed by atoms with E-state index >= 15 is 0 Å². The second-order valence-electron chi connectivity index (χ2n) is 6.38. The van der Waals surface area contributed by atoms with Crippen molar-refractivity contribution in [2.45, 2.75) is 32.4 Å². The Balaban J connectivity index is 1.65. The van der Waals surface area contributed by atoms with E-state index in [0.717, 1.165) is 34.7 Å². The number of methoxy groups -OCH3 is 1. The maximum absolute atomic E-state index is 12.6. The number of carbonyl (C=O) groups is 1. The summed E-state index contributed by atoms with van der Waals surface area (Å²) in [6, 6.07) is 7.80. The number of hydrogen-bond donors (Lipinski definition) is 2. The Morgan fingerprint density at radius 2 is 2.00 bits per heavy atom. The molecule has 0 unspecified atom stereocenters. The van der Waals surface area contributed by atoms with E-state index in [1.165, 1.54) is 16.9 Å². The van der Waals surface area contributed by atoms with Gasteiger partial charge in [0, 0.05) is 4.88 Å². The third-order valence-corrected chi connectivity index (χ3v) is 5.92. The van der Waals surface area contributed by atoms with Gasteiger partial charge in [0.2, 0.25) is 0 Å². The molecule has 4 rings (SSSR count). The molecule has 23 heavy (non-hydrogen) atoms. The Morgan fingerprint density at radius 1 is 1.22 bits per heavy atom. The van der Waals surface area contributed by atoms with E-state index in [2.05, 4.69) is 17.6 Å². The Labute approximate surface area is 139 Å². The van der Waals surface area contributed by atoms with Crippen LogP contribution < -0.4 is 15.4 Å². The molecule has 2 N–H and O–H groups in total. The van der Waals surface area contributed by atoms with Crippen molar-refractivity contribution >= 4 is 22.2 Å². The maximum Gasteiger partial charge on any atom is 0.256 e. The number of amides is 1. The zero-order valence-corrected chi connectivity index (χ0v) is 14.1. The molecule has 0 saturated heterocycles. The number of anilines is 1. The highest BCUT2D eigenvalue weighted by Crippen LogP contribution is 2.42. The van der Waals surface area contributed by atoms with E-state index in [0.29, 0.717) is 5.92 Å². The molecule has 1 aliphatic heterocycles. The fourth-order valence-electron chi connectivity index (χ4n) is 3.43. The molecule has 4 nitrogen and oxygen atoms in total. The van der Waals surface area contributed by atoms with Gasteiger partial charge in [0.25, 0.3) is 5.91 Å². The highest BCUT2D eigenvalue weighted by molar-refractivity contribution is 7.16. The van der Waals surface area contributed by atoms with Crippen LogP contribution in [0.2, 0.25) is 0 Å². The maximum atomic E-state index is 12.6. The Hall–Kier alpha value is -2.01. The first-order valence-electron chi connectivity index (χ1n) is 8.01. The Morgan fingerprint density at radius 3 is 2.74 bits per heavy atom. The largest absolute Gasteiger partial charge is 0.497 e.